The monoisotopic (exact) mass is 260 g/mol. The summed E-state index contributed by atoms with van der Waals surface area (Å²) >= 11 is 0. The number of hydrogen-bond acceptors (Lipinski definition) is 4. The number of benzene rings is 1. The van der Waals surface area contributed by atoms with Crippen LogP contribution in [0.25, 0.3) is 0 Å². The zero-order valence-corrected chi connectivity index (χ0v) is 11.0. The summed E-state index contributed by atoms with van der Waals surface area (Å²) in [5.41, 5.74) is 0.445. The molecule has 5 nitrogen and oxygen atoms in total. The molecule has 1 N–H and O–H groups in total. The molecule has 0 saturated carbocycles. The van der Waals surface area contributed by atoms with Crippen molar-refractivity contribution >= 4 is 16.1 Å². The summed E-state index contributed by atoms with van der Waals surface area (Å²) in [4.78, 5) is 10.8. The highest BCUT2D eigenvalue weighted by molar-refractivity contribution is 7.86. The van der Waals surface area contributed by atoms with Gasteiger partial charge in [0.2, 0.25) is 0 Å². The van der Waals surface area contributed by atoms with E-state index in [1.165, 1.54) is 12.1 Å². The molecule has 0 saturated heterocycles. The van der Waals surface area contributed by atoms with Crippen LogP contribution in [-0.2, 0) is 14.9 Å². The summed E-state index contributed by atoms with van der Waals surface area (Å²) in [7, 11) is -3.28. The van der Waals surface area contributed by atoms with Gasteiger partial charge in [-0.1, -0.05) is 19.9 Å². The first-order valence-corrected chi connectivity index (χ1v) is 6.46. The molecule has 0 bridgehead atoms. The molecule has 0 aliphatic rings. The summed E-state index contributed by atoms with van der Waals surface area (Å²) in [6, 6.07) is 4.06. The van der Waals surface area contributed by atoms with E-state index >= 15 is 0 Å². The molecular formula is C11H16O5S. The quantitative estimate of drug-likeness (QED) is 0.650. The Balaban J connectivity index is 0.00000121. The molecule has 1 rings (SSSR count). The van der Waals surface area contributed by atoms with E-state index in [0.29, 0.717) is 5.56 Å². The second kappa shape index (κ2) is 6.36. The van der Waals surface area contributed by atoms with Crippen molar-refractivity contribution in [2.75, 3.05) is 7.11 Å². The summed E-state index contributed by atoms with van der Waals surface area (Å²) in [6.45, 7) is 5.65. The van der Waals surface area contributed by atoms with E-state index in [1.807, 2.05) is 13.8 Å². The van der Waals surface area contributed by atoms with Crippen LogP contribution in [0, 0.1) is 6.92 Å². The van der Waals surface area contributed by atoms with Crippen LogP contribution >= 0.6 is 0 Å². The lowest BCUT2D eigenvalue weighted by Gasteiger charge is -2.05. The van der Waals surface area contributed by atoms with Crippen molar-refractivity contribution in [2.45, 2.75) is 25.7 Å². The fourth-order valence-corrected chi connectivity index (χ4v) is 1.89. The van der Waals surface area contributed by atoms with Gasteiger partial charge in [0.1, 0.15) is 4.90 Å². The van der Waals surface area contributed by atoms with Crippen LogP contribution in [0.1, 0.15) is 29.8 Å². The summed E-state index contributed by atoms with van der Waals surface area (Å²) in [5.74, 6) is -0.803. The molecule has 1 aromatic carbocycles. The van der Waals surface area contributed by atoms with Crippen molar-refractivity contribution in [1.29, 1.82) is 0 Å². The number of hydrogen-bond donors (Lipinski definition) is 1. The van der Waals surface area contributed by atoms with Crippen LogP contribution < -0.4 is 0 Å². The normalized spacial score (nSPS) is 10.2. The second-order valence-corrected chi connectivity index (χ2v) is 4.36. The van der Waals surface area contributed by atoms with Gasteiger partial charge in [0.05, 0.1) is 12.7 Å². The first-order chi connectivity index (χ1) is 7.86. The molecular weight excluding hydrogens is 244 g/mol. The van der Waals surface area contributed by atoms with Gasteiger partial charge >= 0.3 is 5.97 Å². The zero-order valence-electron chi connectivity index (χ0n) is 10.2. The maximum Gasteiger partial charge on any atom is 0.339 e. The van der Waals surface area contributed by atoms with Gasteiger partial charge in [-0.25, -0.2) is 4.79 Å². The predicted octanol–water partition coefficient (Wildman–Crippen LogP) is 2.05. The van der Waals surface area contributed by atoms with Gasteiger partial charge in [-0.2, -0.15) is 8.42 Å². The molecule has 0 spiro atoms. The van der Waals surface area contributed by atoms with E-state index in [-0.39, 0.29) is 5.56 Å². The van der Waals surface area contributed by atoms with Crippen LogP contribution in [0.5, 0.6) is 0 Å². The Morgan fingerprint density at radius 3 is 2.24 bits per heavy atom. The number of esters is 1. The SMILES string of the molecule is CC.COC(=O)c1ccc(C)cc1S(=O)(=O)O. The van der Waals surface area contributed by atoms with Gasteiger partial charge in [-0.3, -0.25) is 4.55 Å². The third-order valence-electron chi connectivity index (χ3n) is 1.82. The van der Waals surface area contributed by atoms with Gasteiger partial charge in [0, 0.05) is 0 Å². The smallest absolute Gasteiger partial charge is 0.339 e. The third kappa shape index (κ3) is 4.16. The van der Waals surface area contributed by atoms with E-state index in [2.05, 4.69) is 4.74 Å². The average molecular weight is 260 g/mol. The maximum atomic E-state index is 11.2. The molecule has 0 aliphatic heterocycles. The molecule has 0 heterocycles. The van der Waals surface area contributed by atoms with Crippen LogP contribution in [0.3, 0.4) is 0 Å². The molecule has 96 valence electrons. The fraction of sp³-hybridized carbons (Fsp3) is 0.364. The minimum Gasteiger partial charge on any atom is -0.465 e. The molecule has 6 heteroatoms. The Morgan fingerprint density at radius 2 is 1.82 bits per heavy atom. The maximum absolute atomic E-state index is 11.2. The van der Waals surface area contributed by atoms with Gasteiger partial charge in [-0.15, -0.1) is 0 Å². The van der Waals surface area contributed by atoms with Crippen LogP contribution in [0.2, 0.25) is 0 Å². The number of carbonyl (C=O) groups is 1. The van der Waals surface area contributed by atoms with Gasteiger partial charge < -0.3 is 4.74 Å². The first kappa shape index (κ1) is 15.6. The Labute approximate surface area is 101 Å². The van der Waals surface area contributed by atoms with Crippen molar-refractivity contribution in [3.63, 3.8) is 0 Å². The number of ether oxygens (including phenoxy) is 1. The minimum absolute atomic E-state index is 0.175. The molecule has 17 heavy (non-hydrogen) atoms. The lowest BCUT2D eigenvalue weighted by atomic mass is 10.1. The number of carbonyl (C=O) groups excluding carboxylic acids is 1. The van der Waals surface area contributed by atoms with E-state index in [0.717, 1.165) is 7.11 Å². The molecule has 0 aliphatic carbocycles. The standard InChI is InChI=1S/C9H10O5S.C2H6/c1-6-3-4-7(9(10)14-2)8(5-6)15(11,12)13;1-2/h3-5H,1-2H3,(H,11,12,13);1-2H3. The first-order valence-electron chi connectivity index (χ1n) is 5.02. The van der Waals surface area contributed by atoms with E-state index < -0.39 is 21.0 Å². The van der Waals surface area contributed by atoms with Crippen molar-refractivity contribution in [3.8, 4) is 0 Å². The van der Waals surface area contributed by atoms with Gasteiger partial charge in [0.25, 0.3) is 10.1 Å². The van der Waals surface area contributed by atoms with Crippen LogP contribution in [0.4, 0.5) is 0 Å². The van der Waals surface area contributed by atoms with Gasteiger partial charge in [-0.05, 0) is 24.6 Å². The molecule has 1 aromatic rings. The molecule has 0 aromatic heterocycles. The molecule has 0 atom stereocenters. The Kier molecular flexibility index (Phi) is 5.84. The average Bonchev–Trinajstić information content (AvgIpc) is 2.29. The Bertz CT molecular complexity index is 491. The van der Waals surface area contributed by atoms with Crippen LogP contribution in [0.15, 0.2) is 23.1 Å². The van der Waals surface area contributed by atoms with Crippen molar-refractivity contribution < 1.29 is 22.5 Å². The lowest BCUT2D eigenvalue weighted by molar-refractivity contribution is 0.0596. The summed E-state index contributed by atoms with van der Waals surface area (Å²) < 4.78 is 35.2. The number of aryl methyl sites for hydroxylation is 1. The fourth-order valence-electron chi connectivity index (χ4n) is 1.12. The minimum atomic E-state index is -4.41. The highest BCUT2D eigenvalue weighted by Gasteiger charge is 2.20. The number of methoxy groups -OCH3 is 1. The highest BCUT2D eigenvalue weighted by atomic mass is 32.2. The van der Waals surface area contributed by atoms with Crippen LogP contribution in [-0.4, -0.2) is 26.0 Å². The third-order valence-corrected chi connectivity index (χ3v) is 2.71. The lowest BCUT2D eigenvalue weighted by Crippen LogP contribution is -2.10. The summed E-state index contributed by atoms with van der Waals surface area (Å²) in [6.07, 6.45) is 0. The molecule has 0 amide bonds. The van der Waals surface area contributed by atoms with E-state index in [1.54, 1.807) is 13.0 Å². The van der Waals surface area contributed by atoms with Crippen molar-refractivity contribution in [1.82, 2.24) is 0 Å². The highest BCUT2D eigenvalue weighted by Crippen LogP contribution is 2.18. The van der Waals surface area contributed by atoms with E-state index in [9.17, 15) is 13.2 Å². The largest absolute Gasteiger partial charge is 0.465 e. The Morgan fingerprint density at radius 1 is 1.29 bits per heavy atom. The van der Waals surface area contributed by atoms with Crippen molar-refractivity contribution in [3.05, 3.63) is 29.3 Å². The molecule has 0 fully saturated rings. The summed E-state index contributed by atoms with van der Waals surface area (Å²) in [5, 5.41) is 0. The topological polar surface area (TPSA) is 80.7 Å². The van der Waals surface area contributed by atoms with E-state index in [4.69, 9.17) is 4.55 Å². The Hall–Kier alpha value is -1.40. The van der Waals surface area contributed by atoms with Gasteiger partial charge in [0.15, 0.2) is 0 Å². The predicted molar refractivity (Wildman–Crippen MR) is 63.7 cm³/mol. The second-order valence-electron chi connectivity index (χ2n) is 2.97. The molecule has 0 radical (unpaired) electrons. The zero-order chi connectivity index (χ0) is 13.6. The number of rotatable bonds is 2. The molecule has 0 unspecified atom stereocenters. The van der Waals surface area contributed by atoms with Crippen molar-refractivity contribution in [2.24, 2.45) is 0 Å².